The molecule has 1 atom stereocenters. The predicted molar refractivity (Wildman–Crippen MR) is 343 cm³/mol. The highest BCUT2D eigenvalue weighted by Crippen LogP contribution is 2.45. The maximum Gasteiger partial charge on any atom is 0.126 e. The van der Waals surface area contributed by atoms with Crippen LogP contribution in [-0.4, -0.2) is 29.3 Å². The van der Waals surface area contributed by atoms with Crippen LogP contribution in [-0.2, 0) is 0 Å². The molecule has 11 rings (SSSR count). The van der Waals surface area contributed by atoms with E-state index in [-0.39, 0.29) is 0 Å². The molecule has 2 aliphatic carbocycles. The lowest BCUT2D eigenvalue weighted by Gasteiger charge is -2.29. The van der Waals surface area contributed by atoms with E-state index in [9.17, 15) is 0 Å². The number of para-hydroxylation sites is 4. The summed E-state index contributed by atoms with van der Waals surface area (Å²) >= 11 is 0. The van der Waals surface area contributed by atoms with Crippen molar-refractivity contribution in [3.8, 4) is 22.5 Å². The first-order valence-electron chi connectivity index (χ1n) is 27.9. The first-order chi connectivity index (χ1) is 37.7. The number of fused-ring (bicyclic) bond motifs is 4. The van der Waals surface area contributed by atoms with Crippen LogP contribution < -0.4 is 9.80 Å². The Morgan fingerprint density at radius 2 is 1.19 bits per heavy atom. The van der Waals surface area contributed by atoms with Crippen LogP contribution in [0.2, 0.25) is 0 Å². The van der Waals surface area contributed by atoms with Gasteiger partial charge in [-0.1, -0.05) is 204 Å². The molecule has 0 spiro atoms. The molecule has 0 aliphatic heterocycles. The summed E-state index contributed by atoms with van der Waals surface area (Å²) in [5.41, 5.74) is 17.5. The van der Waals surface area contributed by atoms with E-state index in [1.165, 1.54) is 102 Å². The van der Waals surface area contributed by atoms with Crippen LogP contribution in [0, 0.1) is 13.8 Å². The molecule has 0 radical (unpaired) electrons. The SMILES string of the molecule is C=CC.C=CC=C(C)C.CC.CC.CN(c1ccccc1)C1C=CCCC1.Cc1ccccc1-c1ccc2c3ccccc3n(-c3cccc(N(C)c4c(C5=CC=CCC5)c5ccccc5n4-c4ccccc4)c3)c2c1C. The number of hydrogen-bond donors (Lipinski definition) is 0. The average Bonchev–Trinajstić information content (AvgIpc) is 4.10. The Morgan fingerprint density at radius 3 is 1.81 bits per heavy atom. The van der Waals surface area contributed by atoms with Crippen molar-refractivity contribution in [1.29, 1.82) is 0 Å². The third kappa shape index (κ3) is 13.7. The maximum absolute atomic E-state index is 3.52. The van der Waals surface area contributed by atoms with E-state index in [0.29, 0.717) is 6.04 Å². The van der Waals surface area contributed by atoms with Crippen LogP contribution >= 0.6 is 0 Å². The Labute approximate surface area is 463 Å². The second-order valence-electron chi connectivity index (χ2n) is 19.2. The molecule has 4 nitrogen and oxygen atoms in total. The predicted octanol–water partition coefficient (Wildman–Crippen LogP) is 21.1. The Morgan fingerprint density at radius 1 is 0.597 bits per heavy atom. The molecule has 2 aromatic heterocycles. The Hall–Kier alpha value is -8.08. The van der Waals surface area contributed by atoms with Crippen LogP contribution in [0.1, 0.15) is 97.3 Å². The molecule has 2 aliphatic rings. The van der Waals surface area contributed by atoms with Crippen LogP contribution in [0.3, 0.4) is 0 Å². The zero-order valence-electron chi connectivity index (χ0n) is 48.1. The number of hydrogen-bond acceptors (Lipinski definition) is 2. The summed E-state index contributed by atoms with van der Waals surface area (Å²) in [6, 6.07) is 62.0. The average molecular weight is 1020 g/mol. The zero-order valence-corrected chi connectivity index (χ0v) is 48.1. The number of benzene rings is 7. The van der Waals surface area contributed by atoms with E-state index < -0.39 is 0 Å². The Kier molecular flexibility index (Phi) is 22.1. The largest absolute Gasteiger partial charge is 0.368 e. The number of nitrogens with zero attached hydrogens (tertiary/aromatic N) is 4. The van der Waals surface area contributed by atoms with Crippen LogP contribution in [0.25, 0.3) is 60.8 Å². The lowest BCUT2D eigenvalue weighted by Crippen LogP contribution is -2.30. The number of allylic oxidation sites excluding steroid dienone is 9. The molecule has 0 saturated carbocycles. The summed E-state index contributed by atoms with van der Waals surface area (Å²) in [4.78, 5) is 4.75. The van der Waals surface area contributed by atoms with Crippen molar-refractivity contribution < 1.29 is 0 Å². The Bertz CT molecular complexity index is 3440. The van der Waals surface area contributed by atoms with Crippen molar-refractivity contribution >= 4 is 55.5 Å². The van der Waals surface area contributed by atoms with E-state index in [4.69, 9.17) is 0 Å². The minimum atomic E-state index is 0.589. The fourth-order valence-electron chi connectivity index (χ4n) is 10.3. The molecule has 0 bridgehead atoms. The molecule has 2 heterocycles. The highest BCUT2D eigenvalue weighted by atomic mass is 15.2. The molecule has 0 amide bonds. The fraction of sp³-hybridized carbons (Fsp3) is 0.233. The quantitative estimate of drug-likeness (QED) is 0.106. The van der Waals surface area contributed by atoms with E-state index in [2.05, 4.69) is 260 Å². The topological polar surface area (TPSA) is 16.3 Å². The first kappa shape index (κ1) is 58.2. The first-order valence-corrected chi connectivity index (χ1v) is 27.9. The van der Waals surface area contributed by atoms with Gasteiger partial charge in [-0.3, -0.25) is 4.57 Å². The minimum absolute atomic E-state index is 0.589. The van der Waals surface area contributed by atoms with Crippen molar-refractivity contribution in [2.45, 2.75) is 100 Å². The van der Waals surface area contributed by atoms with Gasteiger partial charge in [-0.2, -0.15) is 0 Å². The van der Waals surface area contributed by atoms with Gasteiger partial charge in [-0.25, -0.2) is 0 Å². The number of rotatable bonds is 9. The van der Waals surface area contributed by atoms with Crippen molar-refractivity contribution in [3.63, 3.8) is 0 Å². The molecule has 7 aromatic carbocycles. The fourth-order valence-corrected chi connectivity index (χ4v) is 10.3. The monoisotopic (exact) mass is 1020 g/mol. The van der Waals surface area contributed by atoms with E-state index >= 15 is 0 Å². The highest BCUT2D eigenvalue weighted by molar-refractivity contribution is 6.12. The molecule has 4 heteroatoms. The van der Waals surface area contributed by atoms with E-state index in [1.54, 1.807) is 12.2 Å². The van der Waals surface area contributed by atoms with Crippen molar-refractivity contribution in [2.75, 3.05) is 23.9 Å². The van der Waals surface area contributed by atoms with Gasteiger partial charge in [-0.15, -0.1) is 6.58 Å². The summed E-state index contributed by atoms with van der Waals surface area (Å²) in [6.07, 6.45) is 22.8. The standard InChI is InChI=1S/C47H39N3.C13H17N.C6H10.C3H6.2C2H6/c1-32-17-10-11-24-38(32)39-29-30-41-40-25-12-14-27-43(40)49(46(41)33(39)2)37-23-16-22-36(31-37)48(3)47-45(34-18-6-4-7-19-34)42-26-13-15-28-44(42)50(47)35-20-8-5-9-21-35;1-14(12-8-4-2-5-9-12)13-10-6-3-7-11-13;1-4-5-6(2)3;1-3-2;2*1-2/h4-6,8-18,20-31H,7,19H2,1-3H3;2,4-6,8-10,13H,3,7,11H2,1H3;4-5H,1H2,2-3H3;3H,1H2,2H3;2*1-2H3. The summed E-state index contributed by atoms with van der Waals surface area (Å²) < 4.78 is 4.91. The second kappa shape index (κ2) is 29.3. The van der Waals surface area contributed by atoms with Crippen molar-refractivity contribution in [2.24, 2.45) is 0 Å². The van der Waals surface area contributed by atoms with Gasteiger partial charge in [-0.05, 0) is 149 Å². The molecule has 0 saturated heterocycles. The van der Waals surface area contributed by atoms with Gasteiger partial charge in [0.25, 0.3) is 0 Å². The van der Waals surface area contributed by atoms with E-state index in [1.807, 2.05) is 54.5 Å². The number of aryl methyl sites for hydroxylation is 2. The van der Waals surface area contributed by atoms with Gasteiger partial charge in [0.15, 0.2) is 0 Å². The lowest BCUT2D eigenvalue weighted by atomic mass is 9.95. The third-order valence-corrected chi connectivity index (χ3v) is 13.9. The lowest BCUT2D eigenvalue weighted by molar-refractivity contribution is 0.617. The maximum atomic E-state index is 3.52. The third-order valence-electron chi connectivity index (χ3n) is 13.9. The van der Waals surface area contributed by atoms with Crippen LogP contribution in [0.15, 0.2) is 237 Å². The molecule has 0 fully saturated rings. The molecular weight excluding hydrogens is 933 g/mol. The zero-order chi connectivity index (χ0) is 55.3. The van der Waals surface area contributed by atoms with Crippen LogP contribution in [0.5, 0.6) is 0 Å². The summed E-state index contributed by atoms with van der Waals surface area (Å²) in [7, 11) is 4.40. The summed E-state index contributed by atoms with van der Waals surface area (Å²) in [5, 5.41) is 3.82. The van der Waals surface area contributed by atoms with Crippen molar-refractivity contribution in [1.82, 2.24) is 9.13 Å². The van der Waals surface area contributed by atoms with Gasteiger partial charge in [0.2, 0.25) is 0 Å². The second-order valence-corrected chi connectivity index (χ2v) is 19.2. The smallest absolute Gasteiger partial charge is 0.126 e. The van der Waals surface area contributed by atoms with Crippen molar-refractivity contribution in [3.05, 3.63) is 254 Å². The van der Waals surface area contributed by atoms with Gasteiger partial charge in [0.1, 0.15) is 5.82 Å². The molecule has 77 heavy (non-hydrogen) atoms. The molecular formula is C73H84N4. The van der Waals surface area contributed by atoms with Crippen LogP contribution in [0.4, 0.5) is 17.2 Å². The highest BCUT2D eigenvalue weighted by Gasteiger charge is 2.26. The van der Waals surface area contributed by atoms with Gasteiger partial charge < -0.3 is 14.4 Å². The van der Waals surface area contributed by atoms with Gasteiger partial charge in [0, 0.05) is 64.6 Å². The molecule has 0 N–H and O–H groups in total. The van der Waals surface area contributed by atoms with E-state index in [0.717, 1.165) is 29.9 Å². The number of likely N-dealkylation sites (N-methyl/N-ethyl adjacent to an activating group) is 1. The Balaban J connectivity index is 0.000000294. The van der Waals surface area contributed by atoms with Gasteiger partial charge in [0.05, 0.1) is 16.6 Å². The molecule has 1 unspecified atom stereocenters. The van der Waals surface area contributed by atoms with Gasteiger partial charge >= 0.3 is 0 Å². The summed E-state index contributed by atoms with van der Waals surface area (Å²) in [5.74, 6) is 1.18. The number of anilines is 3. The molecule has 396 valence electrons. The molecule has 9 aromatic rings. The minimum Gasteiger partial charge on any atom is -0.368 e. The summed E-state index contributed by atoms with van der Waals surface area (Å²) in [6.45, 7) is 25.4. The number of aromatic nitrogens is 2. The normalized spacial score (nSPS) is 13.1.